The molecule has 1 aromatic carbocycles. The Morgan fingerprint density at radius 1 is 0.947 bits per heavy atom. The lowest BCUT2D eigenvalue weighted by Crippen LogP contribution is -2.28. The Hall–Kier alpha value is -0.870. The van der Waals surface area contributed by atoms with Crippen LogP contribution in [-0.4, -0.2) is 32.1 Å². The zero-order valence-corrected chi connectivity index (χ0v) is 13.2. The van der Waals surface area contributed by atoms with Gasteiger partial charge in [-0.05, 0) is 11.1 Å². The molecule has 1 rings (SSSR count). The molecule has 0 bridgehead atoms. The minimum atomic E-state index is -3.01. The van der Waals surface area contributed by atoms with Gasteiger partial charge in [0.15, 0.2) is 0 Å². The number of rotatable bonds is 5. The average molecular weight is 284 g/mol. The Balaban J connectivity index is 3.05. The zero-order valence-electron chi connectivity index (χ0n) is 12.4. The number of sulfone groups is 1. The molecule has 0 saturated carbocycles. The van der Waals surface area contributed by atoms with Gasteiger partial charge in [0.05, 0.1) is 12.4 Å². The fourth-order valence-corrected chi connectivity index (χ4v) is 3.68. The summed E-state index contributed by atoms with van der Waals surface area (Å²) in [7, 11) is -3.01. The molecule has 0 heterocycles. The predicted molar refractivity (Wildman–Crippen MR) is 79.3 cm³/mol. The summed E-state index contributed by atoms with van der Waals surface area (Å²) in [6.07, 6.45) is 1.26. The monoisotopic (exact) mass is 284 g/mol. The van der Waals surface area contributed by atoms with E-state index >= 15 is 0 Å². The first-order chi connectivity index (χ1) is 8.48. The first kappa shape index (κ1) is 16.2. The van der Waals surface area contributed by atoms with Crippen molar-refractivity contribution in [1.82, 2.24) is 0 Å². The number of aliphatic hydroxyl groups excluding tert-OH is 1. The van der Waals surface area contributed by atoms with Gasteiger partial charge >= 0.3 is 0 Å². The lowest BCUT2D eigenvalue weighted by atomic mass is 9.81. The fraction of sp³-hybridized carbons (Fsp3) is 0.600. The molecule has 0 atom stereocenters. The van der Waals surface area contributed by atoms with E-state index in [9.17, 15) is 13.5 Å². The molecule has 3 nitrogen and oxygen atoms in total. The summed E-state index contributed by atoms with van der Waals surface area (Å²) < 4.78 is 22.9. The molecule has 1 aromatic rings. The summed E-state index contributed by atoms with van der Waals surface area (Å²) in [5.74, 6) is 0.128. The Labute approximate surface area is 116 Å². The van der Waals surface area contributed by atoms with Crippen LogP contribution in [0.4, 0.5) is 0 Å². The van der Waals surface area contributed by atoms with Crippen LogP contribution in [0, 0.1) is 0 Å². The van der Waals surface area contributed by atoms with E-state index in [1.807, 2.05) is 52.0 Å². The standard InChI is InChI=1S/C15H24O3S/c1-14(2,10-16)12-6-8-13(9-7-12)15(3,4)11-19(5,17)18/h6-9,16H,10-11H2,1-5H3. The van der Waals surface area contributed by atoms with Crippen molar-refractivity contribution in [2.24, 2.45) is 0 Å². The van der Waals surface area contributed by atoms with Crippen molar-refractivity contribution < 1.29 is 13.5 Å². The molecule has 0 unspecified atom stereocenters. The fourth-order valence-electron chi connectivity index (χ4n) is 2.20. The van der Waals surface area contributed by atoms with Gasteiger partial charge in [-0.25, -0.2) is 8.42 Å². The molecular formula is C15H24O3S. The second-order valence-corrected chi connectivity index (χ2v) is 8.71. The van der Waals surface area contributed by atoms with Crippen molar-refractivity contribution in [3.05, 3.63) is 35.4 Å². The molecule has 0 aliphatic heterocycles. The quantitative estimate of drug-likeness (QED) is 0.902. The van der Waals surface area contributed by atoms with Gasteiger partial charge in [0.1, 0.15) is 9.84 Å². The van der Waals surface area contributed by atoms with E-state index < -0.39 is 15.3 Å². The van der Waals surface area contributed by atoms with E-state index in [2.05, 4.69) is 0 Å². The smallest absolute Gasteiger partial charge is 0.148 e. The van der Waals surface area contributed by atoms with Crippen molar-refractivity contribution in [1.29, 1.82) is 0 Å². The summed E-state index contributed by atoms with van der Waals surface area (Å²) in [5.41, 5.74) is 1.36. The van der Waals surface area contributed by atoms with Gasteiger partial charge in [0.2, 0.25) is 0 Å². The minimum Gasteiger partial charge on any atom is -0.395 e. The predicted octanol–water partition coefficient (Wildman–Crippen LogP) is 2.28. The van der Waals surface area contributed by atoms with Crippen LogP contribution in [0.25, 0.3) is 0 Å². The molecule has 4 heteroatoms. The van der Waals surface area contributed by atoms with Gasteiger partial charge in [-0.1, -0.05) is 52.0 Å². The van der Waals surface area contributed by atoms with E-state index in [0.717, 1.165) is 11.1 Å². The first-order valence-electron chi connectivity index (χ1n) is 6.37. The maximum absolute atomic E-state index is 11.5. The van der Waals surface area contributed by atoms with Crippen LogP contribution < -0.4 is 0 Å². The van der Waals surface area contributed by atoms with Crippen LogP contribution in [0.3, 0.4) is 0 Å². The van der Waals surface area contributed by atoms with Crippen molar-refractivity contribution in [3.63, 3.8) is 0 Å². The highest BCUT2D eigenvalue weighted by Gasteiger charge is 2.26. The number of benzene rings is 1. The molecule has 0 aromatic heterocycles. The van der Waals surface area contributed by atoms with E-state index in [4.69, 9.17) is 0 Å². The van der Waals surface area contributed by atoms with Crippen LogP contribution in [0.1, 0.15) is 38.8 Å². The van der Waals surface area contributed by atoms with Crippen molar-refractivity contribution in [2.45, 2.75) is 38.5 Å². The van der Waals surface area contributed by atoms with E-state index in [1.165, 1.54) is 6.26 Å². The van der Waals surface area contributed by atoms with Crippen LogP contribution in [-0.2, 0) is 20.7 Å². The molecule has 19 heavy (non-hydrogen) atoms. The maximum atomic E-state index is 11.5. The van der Waals surface area contributed by atoms with Crippen molar-refractivity contribution in [3.8, 4) is 0 Å². The normalized spacial score (nSPS) is 13.6. The molecular weight excluding hydrogens is 260 g/mol. The topological polar surface area (TPSA) is 54.4 Å². The summed E-state index contributed by atoms with van der Waals surface area (Å²) in [5, 5.41) is 9.35. The highest BCUT2D eigenvalue weighted by molar-refractivity contribution is 7.90. The average Bonchev–Trinajstić information content (AvgIpc) is 2.26. The van der Waals surface area contributed by atoms with Gasteiger partial charge in [-0.15, -0.1) is 0 Å². The molecule has 0 spiro atoms. The van der Waals surface area contributed by atoms with E-state index in [-0.39, 0.29) is 17.8 Å². The largest absolute Gasteiger partial charge is 0.395 e. The highest BCUT2D eigenvalue weighted by Crippen LogP contribution is 2.28. The SMILES string of the molecule is CC(C)(CO)c1ccc(C(C)(C)CS(C)(=O)=O)cc1. The summed E-state index contributed by atoms with van der Waals surface area (Å²) in [6, 6.07) is 7.85. The van der Waals surface area contributed by atoms with Crippen LogP contribution in [0.15, 0.2) is 24.3 Å². The Morgan fingerprint density at radius 2 is 1.32 bits per heavy atom. The Kier molecular flexibility index (Phi) is 4.47. The third kappa shape index (κ3) is 4.32. The summed E-state index contributed by atoms with van der Waals surface area (Å²) >= 11 is 0. The van der Waals surface area contributed by atoms with Gasteiger partial charge in [-0.2, -0.15) is 0 Å². The van der Waals surface area contributed by atoms with Crippen LogP contribution in [0.5, 0.6) is 0 Å². The molecule has 108 valence electrons. The van der Waals surface area contributed by atoms with Crippen molar-refractivity contribution in [2.75, 3.05) is 18.6 Å². The lowest BCUT2D eigenvalue weighted by Gasteiger charge is -2.27. The van der Waals surface area contributed by atoms with Gasteiger partial charge in [0.25, 0.3) is 0 Å². The number of hydrogen-bond acceptors (Lipinski definition) is 3. The highest BCUT2D eigenvalue weighted by atomic mass is 32.2. The molecule has 0 aliphatic rings. The maximum Gasteiger partial charge on any atom is 0.148 e. The second-order valence-electron chi connectivity index (χ2n) is 6.57. The number of hydrogen-bond donors (Lipinski definition) is 1. The molecule has 0 amide bonds. The Morgan fingerprint density at radius 3 is 1.63 bits per heavy atom. The molecule has 0 radical (unpaired) electrons. The number of aliphatic hydroxyl groups is 1. The van der Waals surface area contributed by atoms with Crippen LogP contribution in [0.2, 0.25) is 0 Å². The summed E-state index contributed by atoms with van der Waals surface area (Å²) in [4.78, 5) is 0. The third-order valence-corrected chi connectivity index (χ3v) is 4.71. The molecule has 0 aliphatic carbocycles. The third-order valence-electron chi connectivity index (χ3n) is 3.47. The first-order valence-corrected chi connectivity index (χ1v) is 8.44. The van der Waals surface area contributed by atoms with Gasteiger partial charge in [0, 0.05) is 17.1 Å². The lowest BCUT2D eigenvalue weighted by molar-refractivity contribution is 0.218. The summed E-state index contributed by atoms with van der Waals surface area (Å²) in [6.45, 7) is 7.90. The van der Waals surface area contributed by atoms with Crippen molar-refractivity contribution >= 4 is 9.84 Å². The molecule has 0 fully saturated rings. The Bertz CT molecular complexity index is 525. The van der Waals surface area contributed by atoms with Crippen LogP contribution >= 0.6 is 0 Å². The second kappa shape index (κ2) is 5.25. The molecule has 0 saturated heterocycles. The van der Waals surface area contributed by atoms with Gasteiger partial charge < -0.3 is 5.11 Å². The minimum absolute atomic E-state index is 0.0824. The zero-order chi connectivity index (χ0) is 14.9. The molecule has 1 N–H and O–H groups in total. The van der Waals surface area contributed by atoms with E-state index in [1.54, 1.807) is 0 Å². The van der Waals surface area contributed by atoms with E-state index in [0.29, 0.717) is 0 Å². The van der Waals surface area contributed by atoms with Gasteiger partial charge in [-0.3, -0.25) is 0 Å².